The molecule has 0 aromatic heterocycles. The quantitative estimate of drug-likeness (QED) is 0.574. The smallest absolute Gasteiger partial charge is 0.317 e. The van der Waals surface area contributed by atoms with Gasteiger partial charge in [-0.3, -0.25) is 9.80 Å². The lowest BCUT2D eigenvalue weighted by Crippen LogP contribution is -2.49. The molecule has 184 valence electrons. The van der Waals surface area contributed by atoms with Crippen molar-refractivity contribution < 1.29 is 9.18 Å². The van der Waals surface area contributed by atoms with Gasteiger partial charge in [0.05, 0.1) is 0 Å². The third-order valence-electron chi connectivity index (χ3n) is 7.31. The number of hydrogen-bond donors (Lipinski definition) is 1. The Hall–Kier alpha value is -2.96. The fraction of sp³-hybridized carbons (Fsp3) is 0.414. The van der Waals surface area contributed by atoms with E-state index in [0.29, 0.717) is 0 Å². The number of halogens is 1. The zero-order valence-electron chi connectivity index (χ0n) is 20.3. The highest BCUT2D eigenvalue weighted by Crippen LogP contribution is 2.19. The van der Waals surface area contributed by atoms with Gasteiger partial charge in [0.1, 0.15) is 5.82 Å². The van der Waals surface area contributed by atoms with E-state index >= 15 is 0 Å². The van der Waals surface area contributed by atoms with Gasteiger partial charge in [0.15, 0.2) is 0 Å². The fourth-order valence-electron chi connectivity index (χ4n) is 5.30. The monoisotopic (exact) mass is 474 g/mol. The molecule has 5 nitrogen and oxygen atoms in total. The molecule has 3 aromatic rings. The molecule has 2 saturated heterocycles. The molecule has 2 fully saturated rings. The molecule has 0 unspecified atom stereocenters. The Bertz CT molecular complexity index is 1130. The van der Waals surface area contributed by atoms with E-state index in [2.05, 4.69) is 57.6 Å². The van der Waals surface area contributed by atoms with Gasteiger partial charge in [-0.2, -0.15) is 0 Å². The number of nitrogens with zero attached hydrogens (tertiary/aromatic N) is 3. The van der Waals surface area contributed by atoms with E-state index in [-0.39, 0.29) is 17.9 Å². The van der Waals surface area contributed by atoms with Gasteiger partial charge in [-0.1, -0.05) is 48.5 Å². The summed E-state index contributed by atoms with van der Waals surface area (Å²) in [6.07, 6.45) is 2.98. The third kappa shape index (κ3) is 6.38. The Morgan fingerprint density at radius 2 is 1.49 bits per heavy atom. The fourth-order valence-corrected chi connectivity index (χ4v) is 5.30. The summed E-state index contributed by atoms with van der Waals surface area (Å²) < 4.78 is 13.5. The highest BCUT2D eigenvalue weighted by molar-refractivity contribution is 5.83. The average Bonchev–Trinajstić information content (AvgIpc) is 3.12. The molecule has 5 rings (SSSR count). The Labute approximate surface area is 207 Å². The Morgan fingerprint density at radius 1 is 0.771 bits per heavy atom. The van der Waals surface area contributed by atoms with Crippen molar-refractivity contribution in [1.82, 2.24) is 20.0 Å². The van der Waals surface area contributed by atoms with Gasteiger partial charge in [0, 0.05) is 58.4 Å². The van der Waals surface area contributed by atoms with E-state index in [1.807, 2.05) is 17.0 Å². The van der Waals surface area contributed by atoms with Gasteiger partial charge in [-0.25, -0.2) is 9.18 Å². The molecule has 0 bridgehead atoms. The summed E-state index contributed by atoms with van der Waals surface area (Å²) in [5.41, 5.74) is 2.57. The molecular formula is C29H35FN4O. The van der Waals surface area contributed by atoms with Crippen molar-refractivity contribution in [1.29, 1.82) is 0 Å². The second-order valence-electron chi connectivity index (χ2n) is 9.93. The van der Waals surface area contributed by atoms with E-state index in [4.69, 9.17) is 0 Å². The molecule has 0 atom stereocenters. The van der Waals surface area contributed by atoms with Crippen molar-refractivity contribution in [3.8, 4) is 0 Å². The number of urea groups is 1. The first-order valence-electron chi connectivity index (χ1n) is 12.8. The second-order valence-corrected chi connectivity index (χ2v) is 9.93. The van der Waals surface area contributed by atoms with Crippen molar-refractivity contribution in [2.75, 3.05) is 39.3 Å². The molecule has 0 spiro atoms. The van der Waals surface area contributed by atoms with Gasteiger partial charge < -0.3 is 10.2 Å². The summed E-state index contributed by atoms with van der Waals surface area (Å²) >= 11 is 0. The maximum atomic E-state index is 13.5. The SMILES string of the molecule is O=C(NC1CCN(Cc2ccccc2)CC1)N1CCCN(Cc2ccc3cc(F)ccc3c2)CC1. The normalized spacial score (nSPS) is 18.5. The molecule has 6 heteroatoms. The summed E-state index contributed by atoms with van der Waals surface area (Å²) in [4.78, 5) is 19.9. The molecule has 3 aromatic carbocycles. The third-order valence-corrected chi connectivity index (χ3v) is 7.31. The van der Waals surface area contributed by atoms with E-state index in [1.165, 1.54) is 17.2 Å². The Balaban J connectivity index is 1.07. The first-order chi connectivity index (χ1) is 17.1. The van der Waals surface area contributed by atoms with Crippen LogP contribution in [0.1, 0.15) is 30.4 Å². The van der Waals surface area contributed by atoms with Crippen molar-refractivity contribution in [2.24, 2.45) is 0 Å². The number of hydrogen-bond acceptors (Lipinski definition) is 3. The standard InChI is InChI=1S/C29H35FN4O/c30-27-10-9-25-19-24(7-8-26(25)20-27)22-32-13-4-14-34(18-17-32)29(35)31-28-11-15-33(16-12-28)21-23-5-2-1-3-6-23/h1-3,5-10,19-20,28H,4,11-18,21-22H2,(H,31,35). The number of nitrogens with one attached hydrogen (secondary N) is 1. The molecule has 2 amide bonds. The first kappa shape index (κ1) is 23.8. The predicted octanol–water partition coefficient (Wildman–Crippen LogP) is 4.86. The summed E-state index contributed by atoms with van der Waals surface area (Å²) in [6.45, 7) is 7.26. The second kappa shape index (κ2) is 11.2. The number of fused-ring (bicyclic) bond motifs is 1. The van der Waals surface area contributed by atoms with E-state index in [0.717, 1.165) is 82.4 Å². The molecule has 0 saturated carbocycles. The number of carbonyl (C=O) groups excluding carboxylic acids is 1. The van der Waals surface area contributed by atoms with Crippen LogP contribution in [0.3, 0.4) is 0 Å². The largest absolute Gasteiger partial charge is 0.335 e. The maximum absolute atomic E-state index is 13.5. The van der Waals surface area contributed by atoms with E-state index < -0.39 is 0 Å². The summed E-state index contributed by atoms with van der Waals surface area (Å²) in [5, 5.41) is 5.29. The number of piperidine rings is 1. The summed E-state index contributed by atoms with van der Waals surface area (Å²) in [6, 6.07) is 22.1. The highest BCUT2D eigenvalue weighted by atomic mass is 19.1. The lowest BCUT2D eigenvalue weighted by Gasteiger charge is -2.33. The highest BCUT2D eigenvalue weighted by Gasteiger charge is 2.24. The van der Waals surface area contributed by atoms with Gasteiger partial charge in [-0.05, 0) is 59.4 Å². The van der Waals surface area contributed by atoms with Crippen molar-refractivity contribution in [3.05, 3.63) is 83.7 Å². The lowest BCUT2D eigenvalue weighted by molar-refractivity contribution is 0.169. The first-order valence-corrected chi connectivity index (χ1v) is 12.8. The van der Waals surface area contributed by atoms with Crippen LogP contribution in [0.4, 0.5) is 9.18 Å². The molecule has 35 heavy (non-hydrogen) atoms. The van der Waals surface area contributed by atoms with Crippen LogP contribution in [0, 0.1) is 5.82 Å². The minimum Gasteiger partial charge on any atom is -0.335 e. The molecule has 2 aliphatic heterocycles. The van der Waals surface area contributed by atoms with Crippen LogP contribution < -0.4 is 5.32 Å². The molecule has 2 aliphatic rings. The van der Waals surface area contributed by atoms with Crippen LogP contribution in [0.25, 0.3) is 10.8 Å². The van der Waals surface area contributed by atoms with Gasteiger partial charge in [0.25, 0.3) is 0 Å². The van der Waals surface area contributed by atoms with E-state index in [1.54, 1.807) is 6.07 Å². The Morgan fingerprint density at radius 3 is 2.31 bits per heavy atom. The van der Waals surface area contributed by atoms with Gasteiger partial charge >= 0.3 is 6.03 Å². The minimum atomic E-state index is -0.200. The zero-order valence-corrected chi connectivity index (χ0v) is 20.3. The number of benzene rings is 3. The van der Waals surface area contributed by atoms with E-state index in [9.17, 15) is 9.18 Å². The van der Waals surface area contributed by atoms with Crippen molar-refractivity contribution in [3.63, 3.8) is 0 Å². The summed E-state index contributed by atoms with van der Waals surface area (Å²) in [5.74, 6) is -0.200. The van der Waals surface area contributed by atoms with Crippen molar-refractivity contribution in [2.45, 2.75) is 38.4 Å². The van der Waals surface area contributed by atoms with Crippen molar-refractivity contribution >= 4 is 16.8 Å². The van der Waals surface area contributed by atoms with Crippen LogP contribution in [-0.4, -0.2) is 66.0 Å². The molecule has 1 N–H and O–H groups in total. The molecular weight excluding hydrogens is 439 g/mol. The minimum absolute atomic E-state index is 0.0843. The predicted molar refractivity (Wildman–Crippen MR) is 139 cm³/mol. The maximum Gasteiger partial charge on any atom is 0.317 e. The zero-order chi connectivity index (χ0) is 24.0. The molecule has 2 heterocycles. The number of rotatable bonds is 5. The van der Waals surface area contributed by atoms with Crippen LogP contribution in [0.15, 0.2) is 66.7 Å². The number of carbonyl (C=O) groups is 1. The topological polar surface area (TPSA) is 38.8 Å². The lowest BCUT2D eigenvalue weighted by atomic mass is 10.0. The van der Waals surface area contributed by atoms with Gasteiger partial charge in [0.2, 0.25) is 0 Å². The molecule has 0 radical (unpaired) electrons. The van der Waals surface area contributed by atoms with Crippen LogP contribution in [0.5, 0.6) is 0 Å². The number of amides is 2. The number of likely N-dealkylation sites (tertiary alicyclic amines) is 1. The average molecular weight is 475 g/mol. The summed E-state index contributed by atoms with van der Waals surface area (Å²) in [7, 11) is 0. The van der Waals surface area contributed by atoms with Gasteiger partial charge in [-0.15, -0.1) is 0 Å². The Kier molecular flexibility index (Phi) is 7.60. The van der Waals surface area contributed by atoms with Crippen LogP contribution in [0.2, 0.25) is 0 Å². The molecule has 0 aliphatic carbocycles. The van der Waals surface area contributed by atoms with Crippen LogP contribution >= 0.6 is 0 Å². The van der Waals surface area contributed by atoms with Crippen LogP contribution in [-0.2, 0) is 13.1 Å².